The first-order valence-electron chi connectivity index (χ1n) is 6.78. The molecule has 1 aromatic heterocycles. The zero-order chi connectivity index (χ0) is 15.1. The van der Waals surface area contributed by atoms with Crippen molar-refractivity contribution in [2.45, 2.75) is 13.3 Å². The van der Waals surface area contributed by atoms with Crippen LogP contribution in [0.4, 0.5) is 10.6 Å². The first kappa shape index (κ1) is 14.8. The lowest BCUT2D eigenvalue weighted by Crippen LogP contribution is -2.30. The summed E-state index contributed by atoms with van der Waals surface area (Å²) < 4.78 is 5.16. The molecule has 0 unspecified atom stereocenters. The molecule has 0 radical (unpaired) electrons. The van der Waals surface area contributed by atoms with Crippen molar-refractivity contribution in [2.75, 3.05) is 19.0 Å². The molecule has 0 aliphatic carbocycles. The van der Waals surface area contributed by atoms with Gasteiger partial charge in [-0.2, -0.15) is 0 Å². The van der Waals surface area contributed by atoms with Gasteiger partial charge in [-0.15, -0.1) is 0 Å². The Morgan fingerprint density at radius 1 is 1.29 bits per heavy atom. The quantitative estimate of drug-likeness (QED) is 0.888. The fraction of sp³-hybridized carbons (Fsp3) is 0.250. The molecule has 110 valence electrons. The zero-order valence-electron chi connectivity index (χ0n) is 12.2. The molecule has 0 spiro atoms. The lowest BCUT2D eigenvalue weighted by molar-refractivity contribution is 0.252. The fourth-order valence-corrected chi connectivity index (χ4v) is 1.91. The van der Waals surface area contributed by atoms with Crippen LogP contribution in [0, 0.1) is 6.92 Å². The number of methoxy groups -OCH3 is 1. The Labute approximate surface area is 124 Å². The summed E-state index contributed by atoms with van der Waals surface area (Å²) in [5.74, 6) is 1.37. The maximum atomic E-state index is 11.8. The summed E-state index contributed by atoms with van der Waals surface area (Å²) in [6.07, 6.45) is 2.41. The van der Waals surface area contributed by atoms with Gasteiger partial charge < -0.3 is 10.1 Å². The number of nitrogens with zero attached hydrogens (tertiary/aromatic N) is 1. The number of carbonyl (C=O) groups is 1. The van der Waals surface area contributed by atoms with Crippen LogP contribution in [0.1, 0.15) is 11.1 Å². The average Bonchev–Trinajstić information content (AvgIpc) is 2.47. The highest BCUT2D eigenvalue weighted by molar-refractivity contribution is 5.88. The minimum atomic E-state index is -0.254. The number of aromatic nitrogens is 1. The zero-order valence-corrected chi connectivity index (χ0v) is 12.2. The largest absolute Gasteiger partial charge is 0.497 e. The van der Waals surface area contributed by atoms with Crippen molar-refractivity contribution >= 4 is 11.8 Å². The van der Waals surface area contributed by atoms with E-state index in [1.165, 1.54) is 0 Å². The lowest BCUT2D eigenvalue weighted by Gasteiger charge is -2.08. The summed E-state index contributed by atoms with van der Waals surface area (Å²) in [5.41, 5.74) is 2.17. The molecule has 0 atom stereocenters. The van der Waals surface area contributed by atoms with E-state index in [9.17, 15) is 4.79 Å². The Morgan fingerprint density at radius 2 is 2.14 bits per heavy atom. The van der Waals surface area contributed by atoms with Crippen molar-refractivity contribution in [3.05, 3.63) is 53.7 Å². The summed E-state index contributed by atoms with van der Waals surface area (Å²) in [4.78, 5) is 15.8. The molecule has 0 aliphatic rings. The maximum absolute atomic E-state index is 11.8. The van der Waals surface area contributed by atoms with E-state index in [0.29, 0.717) is 12.4 Å². The van der Waals surface area contributed by atoms with Gasteiger partial charge in [0.25, 0.3) is 0 Å². The van der Waals surface area contributed by atoms with Crippen LogP contribution in [0.3, 0.4) is 0 Å². The summed E-state index contributed by atoms with van der Waals surface area (Å²) in [5, 5.41) is 5.51. The molecule has 2 N–H and O–H groups in total. The molecule has 2 aromatic rings. The number of aryl methyl sites for hydroxylation is 1. The van der Waals surface area contributed by atoms with Crippen LogP contribution in [0.2, 0.25) is 0 Å². The van der Waals surface area contributed by atoms with Crippen molar-refractivity contribution in [1.29, 1.82) is 0 Å². The van der Waals surface area contributed by atoms with Crippen molar-refractivity contribution in [3.63, 3.8) is 0 Å². The number of benzene rings is 1. The van der Waals surface area contributed by atoms with Crippen LogP contribution in [0.5, 0.6) is 5.75 Å². The molecule has 2 rings (SSSR count). The Hall–Kier alpha value is -2.56. The smallest absolute Gasteiger partial charge is 0.320 e. The number of pyridine rings is 1. The van der Waals surface area contributed by atoms with Gasteiger partial charge in [0.15, 0.2) is 0 Å². The average molecular weight is 285 g/mol. The first-order chi connectivity index (χ1) is 10.2. The van der Waals surface area contributed by atoms with Gasteiger partial charge >= 0.3 is 6.03 Å². The second-order valence-corrected chi connectivity index (χ2v) is 4.70. The topological polar surface area (TPSA) is 63.2 Å². The van der Waals surface area contributed by atoms with E-state index < -0.39 is 0 Å². The van der Waals surface area contributed by atoms with Crippen LogP contribution in [-0.4, -0.2) is 24.7 Å². The Balaban J connectivity index is 1.79. The van der Waals surface area contributed by atoms with Crippen molar-refractivity contribution < 1.29 is 9.53 Å². The third-order valence-electron chi connectivity index (χ3n) is 2.99. The molecule has 5 heteroatoms. The lowest BCUT2D eigenvalue weighted by atomic mass is 10.1. The van der Waals surface area contributed by atoms with Gasteiger partial charge in [-0.3, -0.25) is 5.32 Å². The summed E-state index contributed by atoms with van der Waals surface area (Å²) >= 11 is 0. The highest BCUT2D eigenvalue weighted by Crippen LogP contribution is 2.12. The van der Waals surface area contributed by atoms with E-state index in [1.807, 2.05) is 43.3 Å². The molecule has 2 amide bonds. The molecule has 0 saturated carbocycles. The molecule has 0 fully saturated rings. The van der Waals surface area contributed by atoms with Gasteiger partial charge in [0.1, 0.15) is 11.6 Å². The molecule has 1 aromatic carbocycles. The number of nitrogens with one attached hydrogen (secondary N) is 2. The number of hydrogen-bond donors (Lipinski definition) is 2. The summed E-state index contributed by atoms with van der Waals surface area (Å²) in [7, 11) is 1.64. The minimum absolute atomic E-state index is 0.254. The van der Waals surface area contributed by atoms with E-state index in [0.717, 1.165) is 23.3 Å². The monoisotopic (exact) mass is 285 g/mol. The number of amides is 2. The second-order valence-electron chi connectivity index (χ2n) is 4.70. The van der Waals surface area contributed by atoms with E-state index >= 15 is 0 Å². The molecule has 21 heavy (non-hydrogen) atoms. The van der Waals surface area contributed by atoms with Gasteiger partial charge in [-0.25, -0.2) is 9.78 Å². The molecule has 1 heterocycles. The maximum Gasteiger partial charge on any atom is 0.320 e. The van der Waals surface area contributed by atoms with Gasteiger partial charge in [-0.05, 0) is 48.7 Å². The highest BCUT2D eigenvalue weighted by Gasteiger charge is 2.02. The third kappa shape index (κ3) is 4.80. The molecular weight excluding hydrogens is 266 g/mol. The van der Waals surface area contributed by atoms with Crippen LogP contribution in [-0.2, 0) is 6.42 Å². The van der Waals surface area contributed by atoms with Crippen LogP contribution in [0.25, 0.3) is 0 Å². The molecule has 0 bridgehead atoms. The number of urea groups is 1. The van der Waals surface area contributed by atoms with Gasteiger partial charge in [0, 0.05) is 12.7 Å². The third-order valence-corrected chi connectivity index (χ3v) is 2.99. The highest BCUT2D eigenvalue weighted by atomic mass is 16.5. The SMILES string of the molecule is COc1cccc(CCNC(=O)Nc2cc(C)ccn2)c1. The molecule has 0 saturated heterocycles. The second kappa shape index (κ2) is 7.28. The molecule has 5 nitrogen and oxygen atoms in total. The predicted molar refractivity (Wildman–Crippen MR) is 82.7 cm³/mol. The number of rotatable bonds is 5. The Bertz CT molecular complexity index is 614. The first-order valence-corrected chi connectivity index (χ1v) is 6.78. The van der Waals surface area contributed by atoms with Gasteiger partial charge in [-0.1, -0.05) is 12.1 Å². The van der Waals surface area contributed by atoms with Crippen molar-refractivity contribution in [2.24, 2.45) is 0 Å². The Morgan fingerprint density at radius 3 is 2.90 bits per heavy atom. The number of hydrogen-bond acceptors (Lipinski definition) is 3. The number of ether oxygens (including phenoxy) is 1. The van der Waals surface area contributed by atoms with Crippen LogP contribution < -0.4 is 15.4 Å². The molecule has 0 aliphatic heterocycles. The van der Waals surface area contributed by atoms with E-state index in [-0.39, 0.29) is 6.03 Å². The van der Waals surface area contributed by atoms with Crippen molar-refractivity contribution in [1.82, 2.24) is 10.3 Å². The van der Waals surface area contributed by atoms with E-state index in [1.54, 1.807) is 13.3 Å². The minimum Gasteiger partial charge on any atom is -0.497 e. The van der Waals surface area contributed by atoms with Crippen LogP contribution in [0.15, 0.2) is 42.6 Å². The van der Waals surface area contributed by atoms with Crippen LogP contribution >= 0.6 is 0 Å². The van der Waals surface area contributed by atoms with Gasteiger partial charge in [0.05, 0.1) is 7.11 Å². The number of anilines is 1. The van der Waals surface area contributed by atoms with E-state index in [4.69, 9.17) is 4.74 Å². The molecular formula is C16H19N3O2. The Kier molecular flexibility index (Phi) is 5.15. The standard InChI is InChI=1S/C16H19N3O2/c1-12-6-8-17-15(10-12)19-16(20)18-9-7-13-4-3-5-14(11-13)21-2/h3-6,8,10-11H,7,9H2,1-2H3,(H2,17,18,19,20). The predicted octanol–water partition coefficient (Wildman–Crippen LogP) is 2.76. The van der Waals surface area contributed by atoms with E-state index in [2.05, 4.69) is 15.6 Å². The number of carbonyl (C=O) groups excluding carboxylic acids is 1. The summed E-state index contributed by atoms with van der Waals surface area (Å²) in [6, 6.07) is 11.2. The normalized spacial score (nSPS) is 10.0. The van der Waals surface area contributed by atoms with Crippen molar-refractivity contribution in [3.8, 4) is 5.75 Å². The fourth-order valence-electron chi connectivity index (χ4n) is 1.91. The van der Waals surface area contributed by atoms with Gasteiger partial charge in [0.2, 0.25) is 0 Å². The summed E-state index contributed by atoms with van der Waals surface area (Å²) in [6.45, 7) is 2.50.